The monoisotopic (exact) mass is 379 g/mol. The Balaban J connectivity index is 1.66. The fourth-order valence-corrected chi connectivity index (χ4v) is 3.53. The Kier molecular flexibility index (Phi) is 5.90. The third-order valence-corrected chi connectivity index (χ3v) is 5.33. The van der Waals surface area contributed by atoms with Crippen LogP contribution >= 0.6 is 0 Å². The molecule has 1 heterocycles. The average molecular weight is 379 g/mol. The Morgan fingerprint density at radius 3 is 2.61 bits per heavy atom. The molecular formula is C21H25N5O2. The quantitative estimate of drug-likeness (QED) is 0.820. The first-order valence-corrected chi connectivity index (χ1v) is 9.53. The molecule has 1 saturated carbocycles. The highest BCUT2D eigenvalue weighted by molar-refractivity contribution is 5.86. The van der Waals surface area contributed by atoms with Crippen LogP contribution in [0.2, 0.25) is 0 Å². The van der Waals surface area contributed by atoms with Crippen molar-refractivity contribution in [2.75, 3.05) is 0 Å². The molecule has 7 nitrogen and oxygen atoms in total. The summed E-state index contributed by atoms with van der Waals surface area (Å²) >= 11 is 0. The second kappa shape index (κ2) is 8.36. The summed E-state index contributed by atoms with van der Waals surface area (Å²) in [6, 6.07) is 9.12. The van der Waals surface area contributed by atoms with E-state index in [-0.39, 0.29) is 11.5 Å². The summed E-state index contributed by atoms with van der Waals surface area (Å²) < 4.78 is 1.48. The van der Waals surface area contributed by atoms with Crippen LogP contribution in [0.4, 0.5) is 0 Å². The number of aromatic nitrogens is 2. The minimum absolute atomic E-state index is 0.163. The van der Waals surface area contributed by atoms with Gasteiger partial charge in [0.15, 0.2) is 0 Å². The molecule has 1 aliphatic rings. The largest absolute Gasteiger partial charge is 0.338 e. The summed E-state index contributed by atoms with van der Waals surface area (Å²) in [6.07, 6.45) is 7.70. The lowest BCUT2D eigenvalue weighted by Gasteiger charge is -2.32. The normalized spacial score (nSPS) is 16.8. The van der Waals surface area contributed by atoms with Crippen molar-refractivity contribution in [3.8, 4) is 17.3 Å². The van der Waals surface area contributed by atoms with Crippen molar-refractivity contribution in [1.82, 2.24) is 14.9 Å². The number of benzene rings is 1. The minimum Gasteiger partial charge on any atom is -0.338 e. The zero-order valence-electron chi connectivity index (χ0n) is 16.0. The van der Waals surface area contributed by atoms with Crippen LogP contribution in [0.5, 0.6) is 0 Å². The highest BCUT2D eigenvalue weighted by atomic mass is 16.2. The molecule has 0 spiro atoms. The van der Waals surface area contributed by atoms with Gasteiger partial charge in [0, 0.05) is 25.2 Å². The zero-order valence-corrected chi connectivity index (χ0v) is 16.0. The van der Waals surface area contributed by atoms with E-state index in [9.17, 15) is 14.9 Å². The van der Waals surface area contributed by atoms with E-state index in [2.05, 4.69) is 16.4 Å². The minimum atomic E-state index is -0.855. The lowest BCUT2D eigenvalue weighted by atomic mass is 9.81. The number of nitrogens with zero attached hydrogens (tertiary/aromatic N) is 3. The molecule has 1 aromatic carbocycles. The van der Waals surface area contributed by atoms with E-state index < -0.39 is 11.6 Å². The number of carbonyl (C=O) groups is 1. The number of carbonyl (C=O) groups excluding carboxylic acids is 1. The van der Waals surface area contributed by atoms with Gasteiger partial charge < -0.3 is 15.6 Å². The van der Waals surface area contributed by atoms with Gasteiger partial charge in [-0.1, -0.05) is 43.5 Å². The summed E-state index contributed by atoms with van der Waals surface area (Å²) in [5.74, 6) is -0.232. The van der Waals surface area contributed by atoms with Gasteiger partial charge in [0.1, 0.15) is 6.04 Å². The summed E-state index contributed by atoms with van der Waals surface area (Å²) in [5.41, 5.74) is 7.73. The zero-order chi connectivity index (χ0) is 20.1. The first-order valence-electron chi connectivity index (χ1n) is 9.53. The Morgan fingerprint density at radius 2 is 2.00 bits per heavy atom. The average Bonchev–Trinajstić information content (AvgIpc) is 2.70. The smallest absolute Gasteiger partial charge is 0.268 e. The van der Waals surface area contributed by atoms with Crippen molar-refractivity contribution in [1.29, 1.82) is 5.26 Å². The molecule has 1 atom stereocenters. The second-order valence-corrected chi connectivity index (χ2v) is 7.49. The van der Waals surface area contributed by atoms with Crippen molar-refractivity contribution >= 4 is 5.91 Å². The van der Waals surface area contributed by atoms with E-state index in [1.54, 1.807) is 13.2 Å². The number of hydrogen-bond donors (Lipinski definition) is 2. The van der Waals surface area contributed by atoms with Crippen LogP contribution in [0.15, 0.2) is 41.5 Å². The molecule has 7 heteroatoms. The van der Waals surface area contributed by atoms with Crippen LogP contribution in [0.3, 0.4) is 0 Å². The van der Waals surface area contributed by atoms with Crippen molar-refractivity contribution in [3.63, 3.8) is 0 Å². The van der Waals surface area contributed by atoms with Gasteiger partial charge in [-0.2, -0.15) is 5.26 Å². The maximum atomic E-state index is 12.6. The second-order valence-electron chi connectivity index (χ2n) is 7.49. The summed E-state index contributed by atoms with van der Waals surface area (Å²) in [7, 11) is 1.68. The number of rotatable bonds is 5. The number of amides is 1. The van der Waals surface area contributed by atoms with E-state index in [0.717, 1.165) is 30.4 Å². The van der Waals surface area contributed by atoms with Gasteiger partial charge in [0.2, 0.25) is 5.91 Å². The first kappa shape index (κ1) is 19.8. The number of hydrogen-bond acceptors (Lipinski definition) is 5. The molecule has 0 saturated heterocycles. The van der Waals surface area contributed by atoms with Gasteiger partial charge >= 0.3 is 0 Å². The van der Waals surface area contributed by atoms with Crippen molar-refractivity contribution < 1.29 is 4.79 Å². The summed E-state index contributed by atoms with van der Waals surface area (Å²) in [6.45, 7) is 0. The standard InChI is InChI=1S/C21H25N5O2/c1-26-14-18(24-13-19(26)27)16-7-5-15(6-8-16)11-17(12-22)25-20(28)21(23)9-3-2-4-10-21/h5-8,13-14,17H,2-4,9-11,23H2,1H3,(H,25,28)/t17-/m0/s1. The molecule has 0 unspecified atom stereocenters. The molecule has 3 N–H and O–H groups in total. The van der Waals surface area contributed by atoms with E-state index in [1.807, 2.05) is 24.3 Å². The van der Waals surface area contributed by atoms with Crippen LogP contribution in [0.1, 0.15) is 37.7 Å². The van der Waals surface area contributed by atoms with Crippen LogP contribution < -0.4 is 16.6 Å². The Morgan fingerprint density at radius 1 is 1.32 bits per heavy atom. The van der Waals surface area contributed by atoms with Gasteiger partial charge in [-0.25, -0.2) is 4.98 Å². The third-order valence-electron chi connectivity index (χ3n) is 5.33. The van der Waals surface area contributed by atoms with Gasteiger partial charge in [-0.3, -0.25) is 9.59 Å². The number of aryl methyl sites for hydroxylation is 1. The maximum Gasteiger partial charge on any atom is 0.268 e. The highest BCUT2D eigenvalue weighted by Crippen LogP contribution is 2.26. The van der Waals surface area contributed by atoms with E-state index >= 15 is 0 Å². The first-order chi connectivity index (χ1) is 13.4. The molecule has 2 aromatic rings. The molecule has 1 aromatic heterocycles. The van der Waals surface area contributed by atoms with Crippen molar-refractivity contribution in [2.45, 2.75) is 50.1 Å². The molecule has 28 heavy (non-hydrogen) atoms. The number of nitrogens with one attached hydrogen (secondary N) is 1. The van der Waals surface area contributed by atoms with E-state index in [4.69, 9.17) is 5.73 Å². The molecule has 0 bridgehead atoms. The van der Waals surface area contributed by atoms with Crippen LogP contribution in [0.25, 0.3) is 11.3 Å². The Bertz CT molecular complexity index is 937. The fraction of sp³-hybridized carbons (Fsp3) is 0.429. The topological polar surface area (TPSA) is 114 Å². The fourth-order valence-electron chi connectivity index (χ4n) is 3.53. The SMILES string of the molecule is Cn1cc(-c2ccc(C[C@@H](C#N)NC(=O)C3(N)CCCCC3)cc2)ncc1=O. The molecule has 1 amide bonds. The Hall–Kier alpha value is -2.98. The van der Waals surface area contributed by atoms with Gasteiger partial charge in [-0.15, -0.1) is 0 Å². The molecule has 0 aliphatic heterocycles. The molecule has 0 radical (unpaired) electrons. The summed E-state index contributed by atoms with van der Waals surface area (Å²) in [5, 5.41) is 12.3. The Labute approximate surface area is 164 Å². The lowest BCUT2D eigenvalue weighted by molar-refractivity contribution is -0.127. The third kappa shape index (κ3) is 4.46. The molecule has 3 rings (SSSR count). The molecule has 146 valence electrons. The van der Waals surface area contributed by atoms with Gasteiger partial charge in [0.05, 0.1) is 23.5 Å². The predicted molar refractivity (Wildman–Crippen MR) is 106 cm³/mol. The van der Waals surface area contributed by atoms with Gasteiger partial charge in [0.25, 0.3) is 5.56 Å². The summed E-state index contributed by atoms with van der Waals surface area (Å²) in [4.78, 5) is 28.2. The van der Waals surface area contributed by atoms with Crippen LogP contribution in [-0.4, -0.2) is 27.0 Å². The van der Waals surface area contributed by atoms with Crippen molar-refractivity contribution in [2.24, 2.45) is 12.8 Å². The van der Waals surface area contributed by atoms with E-state index in [1.165, 1.54) is 10.8 Å². The van der Waals surface area contributed by atoms with Crippen LogP contribution in [0, 0.1) is 11.3 Å². The van der Waals surface area contributed by atoms with Crippen molar-refractivity contribution in [3.05, 3.63) is 52.6 Å². The number of nitriles is 1. The highest BCUT2D eigenvalue weighted by Gasteiger charge is 2.36. The van der Waals surface area contributed by atoms with Gasteiger partial charge in [-0.05, 0) is 18.4 Å². The molecular weight excluding hydrogens is 354 g/mol. The van der Waals surface area contributed by atoms with Crippen LogP contribution in [-0.2, 0) is 18.3 Å². The van der Waals surface area contributed by atoms with E-state index in [0.29, 0.717) is 25.0 Å². The predicted octanol–water partition coefficient (Wildman–Crippen LogP) is 1.66. The maximum absolute atomic E-state index is 12.6. The number of nitrogens with two attached hydrogens (primary N) is 1. The lowest BCUT2D eigenvalue weighted by Crippen LogP contribution is -2.57. The molecule has 1 aliphatic carbocycles. The molecule has 1 fully saturated rings.